The number of ether oxygens (including phenoxy) is 1. The number of fused-ring (bicyclic) bond motifs is 2. The van der Waals surface area contributed by atoms with Gasteiger partial charge >= 0.3 is 0 Å². The molecule has 24 heavy (non-hydrogen) atoms. The molecule has 7 heteroatoms. The molecule has 2 bridgehead atoms. The lowest BCUT2D eigenvalue weighted by molar-refractivity contribution is -0.0375. The number of carbonyl (C=O) groups is 1. The Hall–Kier alpha value is -1.83. The lowest BCUT2D eigenvalue weighted by atomic mass is 10.2. The van der Waals surface area contributed by atoms with Crippen LogP contribution in [0.2, 0.25) is 0 Å². The molecule has 0 saturated carbocycles. The summed E-state index contributed by atoms with van der Waals surface area (Å²) in [6, 6.07) is 9.70. The minimum atomic E-state index is -0.147. The fourth-order valence-electron chi connectivity index (χ4n) is 3.31. The monoisotopic (exact) mass is 344 g/mol. The average molecular weight is 344 g/mol. The highest BCUT2D eigenvalue weighted by Gasteiger charge is 2.33. The number of aromatic nitrogens is 2. The smallest absolute Gasteiger partial charge is 0.281 e. The number of carbonyl (C=O) groups excluding carboxylic acids is 1. The largest absolute Gasteiger partial charge is 0.372 e. The molecule has 3 heterocycles. The summed E-state index contributed by atoms with van der Waals surface area (Å²) in [7, 11) is 0. The van der Waals surface area contributed by atoms with Crippen LogP contribution in [0.5, 0.6) is 0 Å². The molecule has 2 saturated heterocycles. The summed E-state index contributed by atoms with van der Waals surface area (Å²) in [6.45, 7) is 3.43. The number of amides is 1. The first-order valence-electron chi connectivity index (χ1n) is 8.33. The molecule has 2 fully saturated rings. The number of hydrogen-bond donors (Lipinski definition) is 1. The Kier molecular flexibility index (Phi) is 4.55. The van der Waals surface area contributed by atoms with E-state index in [1.807, 2.05) is 30.3 Å². The molecule has 2 aliphatic heterocycles. The number of rotatable bonds is 5. The van der Waals surface area contributed by atoms with Crippen molar-refractivity contribution in [2.75, 3.05) is 26.2 Å². The van der Waals surface area contributed by atoms with Crippen LogP contribution in [-0.2, 0) is 4.74 Å². The van der Waals surface area contributed by atoms with Crippen LogP contribution in [0.1, 0.15) is 22.6 Å². The number of hydrogen-bond acceptors (Lipinski definition) is 6. The zero-order valence-electron chi connectivity index (χ0n) is 13.4. The van der Waals surface area contributed by atoms with Gasteiger partial charge in [0.15, 0.2) is 5.82 Å². The van der Waals surface area contributed by atoms with E-state index >= 15 is 0 Å². The molecule has 0 radical (unpaired) electrons. The fraction of sp³-hybridized carbons (Fsp3) is 0.471. The number of benzene rings is 1. The van der Waals surface area contributed by atoms with Gasteiger partial charge in [-0.3, -0.25) is 9.69 Å². The molecule has 1 aromatic heterocycles. The van der Waals surface area contributed by atoms with Crippen LogP contribution in [0.3, 0.4) is 0 Å². The second-order valence-electron chi connectivity index (χ2n) is 6.26. The van der Waals surface area contributed by atoms with E-state index in [0.717, 1.165) is 36.7 Å². The van der Waals surface area contributed by atoms with Gasteiger partial charge in [0.2, 0.25) is 5.01 Å². The van der Waals surface area contributed by atoms with Gasteiger partial charge in [0.25, 0.3) is 5.91 Å². The molecule has 0 aliphatic carbocycles. The summed E-state index contributed by atoms with van der Waals surface area (Å²) < 4.78 is 10.1. The van der Waals surface area contributed by atoms with Crippen molar-refractivity contribution in [3.63, 3.8) is 0 Å². The van der Waals surface area contributed by atoms with Gasteiger partial charge in [-0.2, -0.15) is 4.37 Å². The lowest BCUT2D eigenvalue weighted by Crippen LogP contribution is -2.45. The first-order chi connectivity index (χ1) is 11.8. The molecule has 1 amide bonds. The van der Waals surface area contributed by atoms with E-state index in [9.17, 15) is 4.79 Å². The van der Waals surface area contributed by atoms with Gasteiger partial charge in [0, 0.05) is 31.7 Å². The Balaban J connectivity index is 1.28. The molecule has 2 aromatic rings. The lowest BCUT2D eigenvalue weighted by Gasteiger charge is -2.31. The third-order valence-corrected chi connectivity index (χ3v) is 5.20. The third kappa shape index (κ3) is 3.48. The van der Waals surface area contributed by atoms with Gasteiger partial charge in [-0.1, -0.05) is 30.3 Å². The average Bonchev–Trinajstić information content (AvgIpc) is 3.23. The molecule has 1 aromatic carbocycles. The number of nitrogens with zero attached hydrogens (tertiary/aromatic N) is 3. The summed E-state index contributed by atoms with van der Waals surface area (Å²) in [5, 5.41) is 3.36. The first kappa shape index (κ1) is 15.7. The van der Waals surface area contributed by atoms with Crippen LogP contribution >= 0.6 is 11.5 Å². The van der Waals surface area contributed by atoms with Crippen molar-refractivity contribution in [1.82, 2.24) is 19.6 Å². The Labute approximate surface area is 145 Å². The van der Waals surface area contributed by atoms with Crippen molar-refractivity contribution in [2.45, 2.75) is 25.0 Å². The van der Waals surface area contributed by atoms with Crippen molar-refractivity contribution in [3.05, 3.63) is 35.3 Å². The van der Waals surface area contributed by atoms with Crippen molar-refractivity contribution in [1.29, 1.82) is 0 Å². The maximum atomic E-state index is 12.2. The number of morpholine rings is 1. The predicted octanol–water partition coefficient (Wildman–Crippen LogP) is 1.80. The zero-order valence-corrected chi connectivity index (χ0v) is 14.2. The number of nitrogens with one attached hydrogen (secondary N) is 1. The van der Waals surface area contributed by atoms with Gasteiger partial charge in [0.1, 0.15) is 0 Å². The molecule has 0 spiro atoms. The van der Waals surface area contributed by atoms with Crippen LogP contribution in [0.25, 0.3) is 11.4 Å². The highest BCUT2D eigenvalue weighted by Crippen LogP contribution is 2.25. The summed E-state index contributed by atoms with van der Waals surface area (Å²) in [5.74, 6) is 0.460. The molecule has 2 atom stereocenters. The quantitative estimate of drug-likeness (QED) is 0.896. The molecule has 126 valence electrons. The van der Waals surface area contributed by atoms with Gasteiger partial charge in [-0.15, -0.1) is 0 Å². The summed E-state index contributed by atoms with van der Waals surface area (Å²) in [4.78, 5) is 18.9. The van der Waals surface area contributed by atoms with Gasteiger partial charge in [-0.05, 0) is 24.4 Å². The van der Waals surface area contributed by atoms with E-state index in [0.29, 0.717) is 29.6 Å². The Morgan fingerprint density at radius 2 is 2.00 bits per heavy atom. The van der Waals surface area contributed by atoms with E-state index < -0.39 is 0 Å². The first-order valence-corrected chi connectivity index (χ1v) is 9.10. The normalized spacial score (nSPS) is 23.3. The van der Waals surface area contributed by atoms with Gasteiger partial charge in [0.05, 0.1) is 12.2 Å². The summed E-state index contributed by atoms with van der Waals surface area (Å²) in [5.41, 5.74) is 0.927. The maximum Gasteiger partial charge on any atom is 0.281 e. The van der Waals surface area contributed by atoms with Gasteiger partial charge < -0.3 is 10.1 Å². The fourth-order valence-corrected chi connectivity index (χ4v) is 3.91. The third-order valence-electron chi connectivity index (χ3n) is 4.49. The second-order valence-corrected chi connectivity index (χ2v) is 7.01. The van der Waals surface area contributed by atoms with E-state index in [4.69, 9.17) is 4.74 Å². The summed E-state index contributed by atoms with van der Waals surface area (Å²) in [6.07, 6.45) is 3.10. The van der Waals surface area contributed by atoms with E-state index in [1.165, 1.54) is 12.8 Å². The van der Waals surface area contributed by atoms with Gasteiger partial charge in [-0.25, -0.2) is 4.98 Å². The zero-order chi connectivity index (χ0) is 16.4. The minimum absolute atomic E-state index is 0.147. The highest BCUT2D eigenvalue weighted by molar-refractivity contribution is 7.07. The molecular weight excluding hydrogens is 324 g/mol. The van der Waals surface area contributed by atoms with Crippen LogP contribution in [0, 0.1) is 0 Å². The Morgan fingerprint density at radius 1 is 1.25 bits per heavy atom. The molecule has 2 aliphatic rings. The molecule has 2 unspecified atom stereocenters. The van der Waals surface area contributed by atoms with Crippen molar-refractivity contribution < 1.29 is 9.53 Å². The van der Waals surface area contributed by atoms with Crippen LogP contribution < -0.4 is 5.32 Å². The highest BCUT2D eigenvalue weighted by atomic mass is 32.1. The molecule has 1 N–H and O–H groups in total. The van der Waals surface area contributed by atoms with Crippen molar-refractivity contribution >= 4 is 17.4 Å². The van der Waals surface area contributed by atoms with E-state index in [-0.39, 0.29) is 5.91 Å². The van der Waals surface area contributed by atoms with Crippen LogP contribution in [0.15, 0.2) is 30.3 Å². The van der Waals surface area contributed by atoms with E-state index in [2.05, 4.69) is 19.6 Å². The Morgan fingerprint density at radius 3 is 2.75 bits per heavy atom. The maximum absolute atomic E-state index is 12.2. The predicted molar refractivity (Wildman–Crippen MR) is 92.0 cm³/mol. The number of likely N-dealkylation sites (tertiary alicyclic amines) is 1. The SMILES string of the molecule is O=C(NCCN1CC2CCC(C1)O2)c1nc(-c2ccccc2)ns1. The standard InChI is InChI=1S/C17H20N4O2S/c22-16(17-19-15(20-24-17)12-4-2-1-3-5-12)18-8-9-21-10-13-6-7-14(11-21)23-13/h1-5,13-14H,6-11H2,(H,18,22). The molecule has 4 rings (SSSR count). The summed E-state index contributed by atoms with van der Waals surface area (Å²) >= 11 is 1.14. The van der Waals surface area contributed by atoms with Crippen LogP contribution in [0.4, 0.5) is 0 Å². The minimum Gasteiger partial charge on any atom is -0.372 e. The second kappa shape index (κ2) is 6.96. The Bertz CT molecular complexity index is 694. The van der Waals surface area contributed by atoms with Crippen molar-refractivity contribution in [2.24, 2.45) is 0 Å². The van der Waals surface area contributed by atoms with Crippen LogP contribution in [-0.4, -0.2) is 58.6 Å². The molecular formula is C17H20N4O2S. The van der Waals surface area contributed by atoms with E-state index in [1.54, 1.807) is 0 Å². The molecule has 6 nitrogen and oxygen atoms in total. The van der Waals surface area contributed by atoms with Crippen molar-refractivity contribution in [3.8, 4) is 11.4 Å². The topological polar surface area (TPSA) is 67.4 Å².